The lowest BCUT2D eigenvalue weighted by Crippen LogP contribution is -2.35. The second-order valence-electron chi connectivity index (χ2n) is 10.9. The summed E-state index contributed by atoms with van der Waals surface area (Å²) in [4.78, 5) is 9.23. The van der Waals surface area contributed by atoms with Crippen LogP contribution in [0.5, 0.6) is 5.88 Å². The number of methoxy groups -OCH3 is 1. The van der Waals surface area contributed by atoms with Crippen molar-refractivity contribution in [2.45, 2.75) is 49.3 Å². The molecule has 1 aliphatic heterocycles. The Morgan fingerprint density at radius 1 is 0.905 bits per heavy atom. The van der Waals surface area contributed by atoms with Crippen LogP contribution in [0.15, 0.2) is 78.3 Å². The van der Waals surface area contributed by atoms with Crippen molar-refractivity contribution in [3.05, 3.63) is 79.0 Å². The molecule has 10 nitrogen and oxygen atoms in total. The van der Waals surface area contributed by atoms with Crippen molar-refractivity contribution in [2.75, 3.05) is 20.3 Å². The van der Waals surface area contributed by atoms with Crippen molar-refractivity contribution in [1.29, 1.82) is 0 Å². The summed E-state index contributed by atoms with van der Waals surface area (Å²) in [6, 6.07) is 12.7. The highest BCUT2D eigenvalue weighted by atomic mass is 32.2. The lowest BCUT2D eigenvalue weighted by molar-refractivity contribution is -0.181. The lowest BCUT2D eigenvalue weighted by Gasteiger charge is -2.35. The first-order valence-corrected chi connectivity index (χ1v) is 15.5. The first kappa shape index (κ1) is 26.8. The van der Waals surface area contributed by atoms with E-state index in [9.17, 15) is 8.42 Å². The van der Waals surface area contributed by atoms with Crippen LogP contribution in [0, 0.1) is 6.92 Å². The van der Waals surface area contributed by atoms with E-state index in [2.05, 4.69) is 15.1 Å². The zero-order valence-electron chi connectivity index (χ0n) is 23.4. The van der Waals surface area contributed by atoms with Crippen molar-refractivity contribution in [2.24, 2.45) is 0 Å². The molecule has 4 aromatic heterocycles. The molecule has 1 aliphatic carbocycles. The van der Waals surface area contributed by atoms with E-state index in [0.717, 1.165) is 47.9 Å². The number of fused-ring (bicyclic) bond motifs is 1. The molecule has 216 valence electrons. The van der Waals surface area contributed by atoms with Gasteiger partial charge in [0.25, 0.3) is 10.0 Å². The monoisotopic (exact) mass is 585 g/mol. The topological polar surface area (TPSA) is 110 Å². The SMILES string of the molecule is COc1ccc(-c2cn(S(=O)(=O)c3ccc(C)cc3)c3ncc(-c4cnn(C5CCC6(CC5)OCCO6)c4)cc23)cn1. The number of nitrogens with zero attached hydrogens (tertiary/aromatic N) is 5. The van der Waals surface area contributed by atoms with Crippen LogP contribution in [0.1, 0.15) is 37.3 Å². The minimum Gasteiger partial charge on any atom is -0.481 e. The van der Waals surface area contributed by atoms with Crippen LogP contribution in [0.4, 0.5) is 0 Å². The Labute approximate surface area is 243 Å². The smallest absolute Gasteiger partial charge is 0.269 e. The van der Waals surface area contributed by atoms with Gasteiger partial charge in [-0.2, -0.15) is 5.10 Å². The summed E-state index contributed by atoms with van der Waals surface area (Å²) in [5, 5.41) is 5.38. The molecule has 1 aromatic carbocycles. The van der Waals surface area contributed by atoms with Crippen LogP contribution >= 0.6 is 0 Å². The Morgan fingerprint density at radius 3 is 2.33 bits per heavy atom. The molecule has 0 N–H and O–H groups in total. The van der Waals surface area contributed by atoms with Gasteiger partial charge in [0.05, 0.1) is 37.5 Å². The van der Waals surface area contributed by atoms with Crippen LogP contribution in [0.2, 0.25) is 0 Å². The summed E-state index contributed by atoms with van der Waals surface area (Å²) in [5.41, 5.74) is 4.52. The van der Waals surface area contributed by atoms with Gasteiger partial charge in [-0.15, -0.1) is 0 Å². The molecule has 42 heavy (non-hydrogen) atoms. The Balaban J connectivity index is 1.27. The number of hydrogen-bond donors (Lipinski definition) is 0. The predicted octanol–water partition coefficient (Wildman–Crippen LogP) is 5.37. The minimum absolute atomic E-state index is 0.194. The molecule has 0 amide bonds. The summed E-state index contributed by atoms with van der Waals surface area (Å²) in [6.45, 7) is 3.24. The molecule has 1 spiro atoms. The third kappa shape index (κ3) is 4.67. The maximum Gasteiger partial charge on any atom is 0.269 e. The number of aryl methyl sites for hydroxylation is 1. The third-order valence-electron chi connectivity index (χ3n) is 8.29. The Hall–Kier alpha value is -4.06. The second kappa shape index (κ2) is 10.3. The molecule has 1 saturated carbocycles. The van der Waals surface area contributed by atoms with E-state index in [1.807, 2.05) is 36.1 Å². The Kier molecular flexibility index (Phi) is 6.60. The van der Waals surface area contributed by atoms with Gasteiger partial charge in [0.1, 0.15) is 0 Å². The first-order valence-electron chi connectivity index (χ1n) is 14.0. The normalized spacial score (nSPS) is 17.3. The maximum absolute atomic E-state index is 13.8. The van der Waals surface area contributed by atoms with Crippen molar-refractivity contribution in [3.8, 4) is 28.1 Å². The van der Waals surface area contributed by atoms with Gasteiger partial charge in [0.2, 0.25) is 5.88 Å². The number of benzene rings is 1. The van der Waals surface area contributed by atoms with E-state index < -0.39 is 15.8 Å². The number of rotatable bonds is 6. The van der Waals surface area contributed by atoms with Crippen molar-refractivity contribution >= 4 is 21.1 Å². The molecule has 7 rings (SSSR count). The fourth-order valence-corrected chi connectivity index (χ4v) is 7.24. The van der Waals surface area contributed by atoms with Gasteiger partial charge < -0.3 is 14.2 Å². The standard InChI is InChI=1S/C31H31N5O5S/c1-21-3-6-26(7-4-21)42(37,38)36-20-28(22-5-8-29(39-2)32-16-22)27-15-23(17-33-30(27)36)24-18-34-35(19-24)25-9-11-31(12-10-25)40-13-14-41-31/h3-8,15-20,25H,9-14H2,1-2H3. The molecule has 0 atom stereocenters. The van der Waals surface area contributed by atoms with Crippen LogP contribution < -0.4 is 4.74 Å². The lowest BCUT2D eigenvalue weighted by atomic mass is 9.90. The maximum atomic E-state index is 13.8. The molecule has 0 radical (unpaired) electrons. The first-order chi connectivity index (χ1) is 20.3. The summed E-state index contributed by atoms with van der Waals surface area (Å²) in [7, 11) is -2.35. The number of hydrogen-bond acceptors (Lipinski definition) is 8. The average molecular weight is 586 g/mol. The van der Waals surface area contributed by atoms with Gasteiger partial charge in [-0.25, -0.2) is 22.4 Å². The quantitative estimate of drug-likeness (QED) is 0.261. The van der Waals surface area contributed by atoms with Gasteiger partial charge in [-0.05, 0) is 44.0 Å². The average Bonchev–Trinajstić information content (AvgIpc) is 3.77. The van der Waals surface area contributed by atoms with Crippen molar-refractivity contribution in [3.63, 3.8) is 0 Å². The minimum atomic E-state index is -3.91. The van der Waals surface area contributed by atoms with Gasteiger partial charge in [0.15, 0.2) is 11.4 Å². The van der Waals surface area contributed by atoms with Crippen LogP contribution in [0.25, 0.3) is 33.3 Å². The van der Waals surface area contributed by atoms with Gasteiger partial charge in [0, 0.05) is 71.3 Å². The summed E-state index contributed by atoms with van der Waals surface area (Å²) in [5.74, 6) is 0.0564. The number of pyridine rings is 2. The number of aromatic nitrogens is 5. The molecular formula is C31H31N5O5S. The molecule has 5 heterocycles. The summed E-state index contributed by atoms with van der Waals surface area (Å²) in [6.07, 6.45) is 12.4. The van der Waals surface area contributed by atoms with E-state index in [0.29, 0.717) is 35.7 Å². The molecule has 1 saturated heterocycles. The molecule has 5 aromatic rings. The Morgan fingerprint density at radius 2 is 1.64 bits per heavy atom. The highest BCUT2D eigenvalue weighted by Gasteiger charge is 2.40. The summed E-state index contributed by atoms with van der Waals surface area (Å²) < 4.78 is 47.8. The molecule has 11 heteroatoms. The van der Waals surface area contributed by atoms with Gasteiger partial charge in [-0.3, -0.25) is 4.68 Å². The fraction of sp³-hybridized carbons (Fsp3) is 0.323. The van der Waals surface area contributed by atoms with E-state index in [1.54, 1.807) is 56.0 Å². The molecule has 2 fully saturated rings. The van der Waals surface area contributed by atoms with Crippen LogP contribution in [-0.2, 0) is 19.5 Å². The Bertz CT molecular complexity index is 1850. The second-order valence-corrected chi connectivity index (χ2v) is 12.7. The van der Waals surface area contributed by atoms with E-state index in [-0.39, 0.29) is 10.9 Å². The molecule has 0 bridgehead atoms. The highest BCUT2D eigenvalue weighted by molar-refractivity contribution is 7.90. The molecule has 2 aliphatic rings. The van der Waals surface area contributed by atoms with E-state index in [4.69, 9.17) is 14.2 Å². The highest BCUT2D eigenvalue weighted by Crippen LogP contribution is 2.41. The summed E-state index contributed by atoms with van der Waals surface area (Å²) >= 11 is 0. The van der Waals surface area contributed by atoms with Gasteiger partial charge >= 0.3 is 0 Å². The van der Waals surface area contributed by atoms with Crippen molar-refractivity contribution < 1.29 is 22.6 Å². The van der Waals surface area contributed by atoms with Crippen LogP contribution in [-0.4, -0.2) is 58.2 Å². The largest absolute Gasteiger partial charge is 0.481 e. The van der Waals surface area contributed by atoms with Crippen LogP contribution in [0.3, 0.4) is 0 Å². The number of ether oxygens (including phenoxy) is 3. The zero-order chi connectivity index (χ0) is 28.9. The fourth-order valence-electron chi connectivity index (χ4n) is 5.91. The molecule has 0 unspecified atom stereocenters. The third-order valence-corrected chi connectivity index (χ3v) is 9.95. The van der Waals surface area contributed by atoms with Gasteiger partial charge in [-0.1, -0.05) is 17.7 Å². The molecular weight excluding hydrogens is 554 g/mol. The zero-order valence-corrected chi connectivity index (χ0v) is 24.3. The van der Waals surface area contributed by atoms with E-state index in [1.165, 1.54) is 3.97 Å². The van der Waals surface area contributed by atoms with Crippen molar-refractivity contribution in [1.82, 2.24) is 23.7 Å². The van der Waals surface area contributed by atoms with E-state index >= 15 is 0 Å². The predicted molar refractivity (Wildman–Crippen MR) is 157 cm³/mol.